The van der Waals surface area contributed by atoms with E-state index in [1.54, 1.807) is 68.8 Å². The Balaban J connectivity index is 1.91. The van der Waals surface area contributed by atoms with E-state index in [4.69, 9.17) is 14.2 Å². The summed E-state index contributed by atoms with van der Waals surface area (Å²) in [6.07, 6.45) is 0. The van der Waals surface area contributed by atoms with Gasteiger partial charge in [-0.25, -0.2) is 0 Å². The Morgan fingerprint density at radius 1 is 0.812 bits per heavy atom. The summed E-state index contributed by atoms with van der Waals surface area (Å²) in [4.78, 5) is 27.9. The molecule has 0 bridgehead atoms. The summed E-state index contributed by atoms with van der Waals surface area (Å²) in [5.41, 5.74) is 1.95. The number of hydrogen-bond donors (Lipinski definition) is 0. The molecule has 0 saturated carbocycles. The molecule has 0 unspecified atom stereocenters. The zero-order valence-electron chi connectivity index (χ0n) is 18.3. The normalized spacial score (nSPS) is 10.4. The van der Waals surface area contributed by atoms with E-state index in [2.05, 4.69) is 15.9 Å². The summed E-state index contributed by atoms with van der Waals surface area (Å²) in [5.74, 6) is 0.999. The predicted molar refractivity (Wildman–Crippen MR) is 126 cm³/mol. The number of hydrogen-bond acceptors (Lipinski definition) is 5. The molecule has 3 rings (SSSR count). The van der Waals surface area contributed by atoms with Crippen LogP contribution in [-0.4, -0.2) is 45.0 Å². The standard InChI is InChI=1S/C25H24BrNO5/c1-27(15-17-11-14-21(30-2)24(32-4)23(17)31-3)25(29)20-8-6-5-7-19(20)22(28)16-9-12-18(26)13-10-16/h5-14H,15H2,1-4H3. The average molecular weight is 498 g/mol. The Morgan fingerprint density at radius 2 is 1.44 bits per heavy atom. The molecule has 0 heterocycles. The van der Waals surface area contributed by atoms with Crippen molar-refractivity contribution in [2.75, 3.05) is 28.4 Å². The molecule has 0 radical (unpaired) electrons. The van der Waals surface area contributed by atoms with Gasteiger partial charge in [-0.3, -0.25) is 9.59 Å². The van der Waals surface area contributed by atoms with Crippen molar-refractivity contribution >= 4 is 27.6 Å². The van der Waals surface area contributed by atoms with Crippen LogP contribution < -0.4 is 14.2 Å². The maximum absolute atomic E-state index is 13.3. The number of carbonyl (C=O) groups is 2. The first-order valence-corrected chi connectivity index (χ1v) is 10.6. The molecule has 166 valence electrons. The molecule has 1 amide bonds. The summed E-state index contributed by atoms with van der Waals surface area (Å²) in [6, 6.07) is 17.5. The number of nitrogens with zero attached hydrogens (tertiary/aromatic N) is 1. The Labute approximate surface area is 195 Å². The highest BCUT2D eigenvalue weighted by molar-refractivity contribution is 9.10. The molecule has 0 aliphatic carbocycles. The first-order chi connectivity index (χ1) is 15.4. The Hall–Kier alpha value is -3.32. The van der Waals surface area contributed by atoms with Gasteiger partial charge in [-0.1, -0.05) is 34.1 Å². The van der Waals surface area contributed by atoms with Crippen LogP contribution in [0.2, 0.25) is 0 Å². The quantitative estimate of drug-likeness (QED) is 0.410. The van der Waals surface area contributed by atoms with E-state index < -0.39 is 0 Å². The van der Waals surface area contributed by atoms with Crippen molar-refractivity contribution in [1.82, 2.24) is 4.90 Å². The Kier molecular flexibility index (Phi) is 7.53. The van der Waals surface area contributed by atoms with Crippen LogP contribution in [0.3, 0.4) is 0 Å². The fraction of sp³-hybridized carbons (Fsp3) is 0.200. The van der Waals surface area contributed by atoms with Gasteiger partial charge < -0.3 is 19.1 Å². The van der Waals surface area contributed by atoms with Crippen molar-refractivity contribution in [3.05, 3.63) is 87.4 Å². The highest BCUT2D eigenvalue weighted by Crippen LogP contribution is 2.40. The summed E-state index contributed by atoms with van der Waals surface area (Å²) < 4.78 is 17.2. The van der Waals surface area contributed by atoms with Gasteiger partial charge in [-0.2, -0.15) is 0 Å². The van der Waals surface area contributed by atoms with Crippen LogP contribution in [0.5, 0.6) is 17.2 Å². The van der Waals surface area contributed by atoms with Gasteiger partial charge in [-0.05, 0) is 42.5 Å². The molecular formula is C25H24BrNO5. The number of methoxy groups -OCH3 is 3. The minimum Gasteiger partial charge on any atom is -0.493 e. The predicted octanol–water partition coefficient (Wildman–Crippen LogP) is 4.98. The molecule has 32 heavy (non-hydrogen) atoms. The van der Waals surface area contributed by atoms with Gasteiger partial charge in [0, 0.05) is 34.8 Å². The molecule has 0 spiro atoms. The maximum Gasteiger partial charge on any atom is 0.254 e. The third-order valence-electron chi connectivity index (χ3n) is 5.05. The van der Waals surface area contributed by atoms with Crippen molar-refractivity contribution in [2.24, 2.45) is 0 Å². The second kappa shape index (κ2) is 10.3. The van der Waals surface area contributed by atoms with Crippen LogP contribution in [0.1, 0.15) is 31.8 Å². The van der Waals surface area contributed by atoms with Gasteiger partial charge >= 0.3 is 0 Å². The molecule has 3 aromatic rings. The highest BCUT2D eigenvalue weighted by Gasteiger charge is 2.23. The first-order valence-electron chi connectivity index (χ1n) is 9.83. The SMILES string of the molecule is COc1ccc(CN(C)C(=O)c2ccccc2C(=O)c2ccc(Br)cc2)c(OC)c1OC. The summed E-state index contributed by atoms with van der Waals surface area (Å²) in [5, 5.41) is 0. The lowest BCUT2D eigenvalue weighted by atomic mass is 9.97. The van der Waals surface area contributed by atoms with Crippen LogP contribution in [0, 0.1) is 0 Å². The van der Waals surface area contributed by atoms with Gasteiger partial charge in [0.25, 0.3) is 5.91 Å². The van der Waals surface area contributed by atoms with E-state index in [1.807, 2.05) is 6.07 Å². The molecule has 0 aromatic heterocycles. The van der Waals surface area contributed by atoms with Gasteiger partial charge in [0.15, 0.2) is 17.3 Å². The molecule has 0 aliphatic heterocycles. The van der Waals surface area contributed by atoms with Gasteiger partial charge in [-0.15, -0.1) is 0 Å². The zero-order valence-corrected chi connectivity index (χ0v) is 19.9. The summed E-state index contributed by atoms with van der Waals surface area (Å²) in [6.45, 7) is 0.253. The number of halogens is 1. The van der Waals surface area contributed by atoms with E-state index in [1.165, 1.54) is 19.1 Å². The molecule has 0 N–H and O–H groups in total. The lowest BCUT2D eigenvalue weighted by molar-refractivity contribution is 0.0779. The largest absolute Gasteiger partial charge is 0.493 e. The minimum atomic E-state index is -0.275. The lowest BCUT2D eigenvalue weighted by Crippen LogP contribution is -2.28. The molecule has 0 fully saturated rings. The van der Waals surface area contributed by atoms with Crippen LogP contribution in [0.15, 0.2) is 65.1 Å². The molecule has 3 aromatic carbocycles. The summed E-state index contributed by atoms with van der Waals surface area (Å²) in [7, 11) is 6.29. The number of benzene rings is 3. The number of rotatable bonds is 8. The third kappa shape index (κ3) is 4.78. The van der Waals surface area contributed by atoms with Crippen molar-refractivity contribution in [1.29, 1.82) is 0 Å². The zero-order chi connectivity index (χ0) is 23.3. The fourth-order valence-corrected chi connectivity index (χ4v) is 3.71. The number of ether oxygens (including phenoxy) is 3. The Bertz CT molecular complexity index is 1130. The number of ketones is 1. The minimum absolute atomic E-state index is 0.210. The average Bonchev–Trinajstić information content (AvgIpc) is 2.83. The van der Waals surface area contributed by atoms with E-state index in [-0.39, 0.29) is 18.2 Å². The van der Waals surface area contributed by atoms with Gasteiger partial charge in [0.05, 0.1) is 26.9 Å². The maximum atomic E-state index is 13.3. The van der Waals surface area contributed by atoms with E-state index >= 15 is 0 Å². The second-order valence-electron chi connectivity index (χ2n) is 7.04. The van der Waals surface area contributed by atoms with E-state index in [9.17, 15) is 9.59 Å². The van der Waals surface area contributed by atoms with Crippen LogP contribution in [-0.2, 0) is 6.54 Å². The van der Waals surface area contributed by atoms with Gasteiger partial charge in [0.1, 0.15) is 0 Å². The fourth-order valence-electron chi connectivity index (χ4n) is 3.45. The molecule has 0 aliphatic rings. The second-order valence-corrected chi connectivity index (χ2v) is 7.95. The van der Waals surface area contributed by atoms with E-state index in [0.29, 0.717) is 33.9 Å². The van der Waals surface area contributed by atoms with Crippen LogP contribution in [0.4, 0.5) is 0 Å². The molecule has 7 heteroatoms. The van der Waals surface area contributed by atoms with E-state index in [0.717, 1.165) is 10.0 Å². The number of carbonyl (C=O) groups excluding carboxylic acids is 2. The Morgan fingerprint density at radius 3 is 2.03 bits per heavy atom. The molecular weight excluding hydrogens is 474 g/mol. The molecule has 6 nitrogen and oxygen atoms in total. The number of amides is 1. The van der Waals surface area contributed by atoms with Crippen molar-refractivity contribution in [2.45, 2.75) is 6.54 Å². The van der Waals surface area contributed by atoms with Crippen LogP contribution >= 0.6 is 15.9 Å². The lowest BCUT2D eigenvalue weighted by Gasteiger charge is -2.22. The monoisotopic (exact) mass is 497 g/mol. The smallest absolute Gasteiger partial charge is 0.254 e. The highest BCUT2D eigenvalue weighted by atomic mass is 79.9. The summed E-state index contributed by atoms with van der Waals surface area (Å²) >= 11 is 3.37. The topological polar surface area (TPSA) is 65.1 Å². The van der Waals surface area contributed by atoms with Gasteiger partial charge in [0.2, 0.25) is 5.75 Å². The molecule has 0 atom stereocenters. The van der Waals surface area contributed by atoms with Crippen LogP contribution in [0.25, 0.3) is 0 Å². The molecule has 0 saturated heterocycles. The van der Waals surface area contributed by atoms with Crippen molar-refractivity contribution < 1.29 is 23.8 Å². The first kappa shape index (κ1) is 23.3. The third-order valence-corrected chi connectivity index (χ3v) is 5.58. The van der Waals surface area contributed by atoms with Crippen molar-refractivity contribution in [3.8, 4) is 17.2 Å². The van der Waals surface area contributed by atoms with Crippen molar-refractivity contribution in [3.63, 3.8) is 0 Å².